The standard InChI is InChI=1S/C13H12N4/c1-9-2-7-12-13(16-9)17(8-15-12)11-5-3-10(14)4-6-11/h2-8H,14H2,1H3. The van der Waals surface area contributed by atoms with Crippen molar-refractivity contribution in [2.45, 2.75) is 6.92 Å². The summed E-state index contributed by atoms with van der Waals surface area (Å²) in [5.74, 6) is 0. The van der Waals surface area contributed by atoms with Crippen LogP contribution in [-0.4, -0.2) is 14.5 Å². The van der Waals surface area contributed by atoms with Crippen LogP contribution in [0.3, 0.4) is 0 Å². The smallest absolute Gasteiger partial charge is 0.164 e. The van der Waals surface area contributed by atoms with Crippen molar-refractivity contribution in [3.05, 3.63) is 48.4 Å². The second kappa shape index (κ2) is 3.59. The predicted octanol–water partition coefficient (Wildman–Crippen LogP) is 2.31. The zero-order valence-electron chi connectivity index (χ0n) is 9.46. The molecule has 2 heterocycles. The first-order valence-corrected chi connectivity index (χ1v) is 5.41. The molecule has 3 aromatic rings. The van der Waals surface area contributed by atoms with E-state index in [4.69, 9.17) is 5.73 Å². The van der Waals surface area contributed by atoms with Crippen molar-refractivity contribution in [2.24, 2.45) is 0 Å². The Labute approximate surface area is 98.7 Å². The van der Waals surface area contributed by atoms with Crippen LogP contribution >= 0.6 is 0 Å². The molecule has 0 spiro atoms. The van der Waals surface area contributed by atoms with Gasteiger partial charge >= 0.3 is 0 Å². The lowest BCUT2D eigenvalue weighted by Gasteiger charge is -2.04. The van der Waals surface area contributed by atoms with Crippen molar-refractivity contribution in [3.8, 4) is 5.69 Å². The van der Waals surface area contributed by atoms with Gasteiger partial charge in [-0.05, 0) is 43.3 Å². The predicted molar refractivity (Wildman–Crippen MR) is 68.0 cm³/mol. The van der Waals surface area contributed by atoms with E-state index >= 15 is 0 Å². The molecule has 0 aliphatic rings. The van der Waals surface area contributed by atoms with Gasteiger partial charge in [0, 0.05) is 17.1 Å². The molecule has 0 aliphatic heterocycles. The quantitative estimate of drug-likeness (QED) is 0.645. The van der Waals surface area contributed by atoms with Crippen LogP contribution in [0.1, 0.15) is 5.69 Å². The number of nitrogens with two attached hydrogens (primary N) is 1. The molecule has 2 N–H and O–H groups in total. The number of benzene rings is 1. The van der Waals surface area contributed by atoms with Crippen LogP contribution in [0.5, 0.6) is 0 Å². The van der Waals surface area contributed by atoms with Crippen LogP contribution in [0.15, 0.2) is 42.7 Å². The molecule has 0 amide bonds. The van der Waals surface area contributed by atoms with Crippen molar-refractivity contribution in [2.75, 3.05) is 5.73 Å². The van der Waals surface area contributed by atoms with E-state index in [1.165, 1.54) is 0 Å². The molecule has 17 heavy (non-hydrogen) atoms. The molecule has 0 saturated carbocycles. The number of anilines is 1. The molecular formula is C13H12N4. The Morgan fingerprint density at radius 1 is 1.06 bits per heavy atom. The van der Waals surface area contributed by atoms with Gasteiger partial charge in [0.25, 0.3) is 0 Å². The lowest BCUT2D eigenvalue weighted by molar-refractivity contribution is 1.06. The molecule has 84 valence electrons. The Bertz CT molecular complexity index is 667. The van der Waals surface area contributed by atoms with Crippen molar-refractivity contribution >= 4 is 16.9 Å². The highest BCUT2D eigenvalue weighted by atomic mass is 15.1. The third-order valence-electron chi connectivity index (χ3n) is 2.71. The van der Waals surface area contributed by atoms with Gasteiger partial charge in [0.05, 0.1) is 0 Å². The maximum atomic E-state index is 5.68. The lowest BCUT2D eigenvalue weighted by atomic mass is 10.3. The number of aromatic nitrogens is 3. The topological polar surface area (TPSA) is 56.7 Å². The molecule has 1 aromatic carbocycles. The minimum absolute atomic E-state index is 0.752. The second-order valence-electron chi connectivity index (χ2n) is 4.00. The number of nitrogen functional groups attached to an aromatic ring is 1. The molecule has 3 rings (SSSR count). The fraction of sp³-hybridized carbons (Fsp3) is 0.0769. The van der Waals surface area contributed by atoms with E-state index in [0.29, 0.717) is 0 Å². The van der Waals surface area contributed by atoms with Gasteiger partial charge in [-0.2, -0.15) is 0 Å². The number of hydrogen-bond acceptors (Lipinski definition) is 3. The fourth-order valence-electron chi connectivity index (χ4n) is 1.81. The van der Waals surface area contributed by atoms with Crippen LogP contribution < -0.4 is 5.73 Å². The molecule has 0 fully saturated rings. The highest BCUT2D eigenvalue weighted by molar-refractivity contribution is 5.73. The second-order valence-corrected chi connectivity index (χ2v) is 4.00. The van der Waals surface area contributed by atoms with Gasteiger partial charge in [-0.15, -0.1) is 0 Å². The van der Waals surface area contributed by atoms with Gasteiger partial charge in [0.1, 0.15) is 11.8 Å². The summed E-state index contributed by atoms with van der Waals surface area (Å²) >= 11 is 0. The van der Waals surface area contributed by atoms with Gasteiger partial charge in [0.15, 0.2) is 5.65 Å². The summed E-state index contributed by atoms with van der Waals surface area (Å²) in [4.78, 5) is 8.83. The summed E-state index contributed by atoms with van der Waals surface area (Å²) < 4.78 is 1.96. The van der Waals surface area contributed by atoms with Crippen LogP contribution in [0.25, 0.3) is 16.9 Å². The average molecular weight is 224 g/mol. The Balaban J connectivity index is 2.23. The summed E-state index contributed by atoms with van der Waals surface area (Å²) in [5, 5.41) is 0. The number of nitrogens with zero attached hydrogens (tertiary/aromatic N) is 3. The Hall–Kier alpha value is -2.36. The van der Waals surface area contributed by atoms with Gasteiger partial charge in [-0.25, -0.2) is 9.97 Å². The molecule has 0 atom stereocenters. The highest BCUT2D eigenvalue weighted by Gasteiger charge is 2.05. The molecule has 0 saturated heterocycles. The van der Waals surface area contributed by atoms with Crippen LogP contribution in [0, 0.1) is 6.92 Å². The molecular weight excluding hydrogens is 212 g/mol. The number of rotatable bonds is 1. The van der Waals surface area contributed by atoms with Crippen LogP contribution in [0.4, 0.5) is 5.69 Å². The van der Waals surface area contributed by atoms with Crippen molar-refractivity contribution in [1.82, 2.24) is 14.5 Å². The summed E-state index contributed by atoms with van der Waals surface area (Å²) in [5.41, 5.74) is 10.2. The minimum Gasteiger partial charge on any atom is -0.399 e. The van der Waals surface area contributed by atoms with E-state index in [-0.39, 0.29) is 0 Å². The first-order chi connectivity index (χ1) is 8.24. The minimum atomic E-state index is 0.752. The third-order valence-corrected chi connectivity index (χ3v) is 2.71. The van der Waals surface area contributed by atoms with E-state index in [9.17, 15) is 0 Å². The first kappa shape index (κ1) is 9.84. The van der Waals surface area contributed by atoms with E-state index in [1.54, 1.807) is 6.33 Å². The van der Waals surface area contributed by atoms with E-state index in [0.717, 1.165) is 28.2 Å². The highest BCUT2D eigenvalue weighted by Crippen LogP contribution is 2.17. The van der Waals surface area contributed by atoms with Crippen molar-refractivity contribution in [1.29, 1.82) is 0 Å². The number of fused-ring (bicyclic) bond motifs is 1. The van der Waals surface area contributed by atoms with Crippen molar-refractivity contribution < 1.29 is 0 Å². The van der Waals surface area contributed by atoms with E-state index in [2.05, 4.69) is 9.97 Å². The van der Waals surface area contributed by atoms with E-state index < -0.39 is 0 Å². The number of pyridine rings is 1. The summed E-state index contributed by atoms with van der Waals surface area (Å²) in [6.07, 6.45) is 1.78. The third kappa shape index (κ3) is 1.63. The Morgan fingerprint density at radius 3 is 2.59 bits per heavy atom. The number of aryl methyl sites for hydroxylation is 1. The summed E-state index contributed by atoms with van der Waals surface area (Å²) in [6, 6.07) is 11.6. The normalized spacial score (nSPS) is 10.9. The number of hydrogen-bond donors (Lipinski definition) is 1. The largest absolute Gasteiger partial charge is 0.399 e. The van der Waals surface area contributed by atoms with Crippen LogP contribution in [-0.2, 0) is 0 Å². The zero-order chi connectivity index (χ0) is 11.8. The molecule has 0 aliphatic carbocycles. The monoisotopic (exact) mass is 224 g/mol. The number of imidazole rings is 1. The van der Waals surface area contributed by atoms with Crippen LogP contribution in [0.2, 0.25) is 0 Å². The lowest BCUT2D eigenvalue weighted by Crippen LogP contribution is -1.95. The summed E-state index contributed by atoms with van der Waals surface area (Å²) in [6.45, 7) is 1.97. The summed E-state index contributed by atoms with van der Waals surface area (Å²) in [7, 11) is 0. The molecule has 0 bridgehead atoms. The maximum absolute atomic E-state index is 5.68. The van der Waals surface area contributed by atoms with Gasteiger partial charge < -0.3 is 5.73 Å². The van der Waals surface area contributed by atoms with E-state index in [1.807, 2.05) is 47.9 Å². The molecule has 0 radical (unpaired) electrons. The molecule has 4 nitrogen and oxygen atoms in total. The Kier molecular flexibility index (Phi) is 2.08. The SMILES string of the molecule is Cc1ccc2ncn(-c3ccc(N)cc3)c2n1. The van der Waals surface area contributed by atoms with Gasteiger partial charge in [-0.1, -0.05) is 0 Å². The van der Waals surface area contributed by atoms with Crippen molar-refractivity contribution in [3.63, 3.8) is 0 Å². The fourth-order valence-corrected chi connectivity index (χ4v) is 1.81. The van der Waals surface area contributed by atoms with Gasteiger partial charge in [-0.3, -0.25) is 4.57 Å². The zero-order valence-corrected chi connectivity index (χ0v) is 9.46. The molecule has 2 aromatic heterocycles. The maximum Gasteiger partial charge on any atom is 0.164 e. The average Bonchev–Trinajstić information content (AvgIpc) is 2.73. The first-order valence-electron chi connectivity index (χ1n) is 5.41. The molecule has 0 unspecified atom stereocenters. The molecule has 4 heteroatoms. The van der Waals surface area contributed by atoms with Gasteiger partial charge in [0.2, 0.25) is 0 Å². The Morgan fingerprint density at radius 2 is 1.82 bits per heavy atom.